The molecule has 2 rings (SSSR count). The van der Waals surface area contributed by atoms with Crippen LogP contribution in [-0.4, -0.2) is 46.8 Å². The summed E-state index contributed by atoms with van der Waals surface area (Å²) in [6.45, 7) is 2.49. The number of carboxylic acid groups (broad SMARTS) is 1. The fourth-order valence-electron chi connectivity index (χ4n) is 3.66. The van der Waals surface area contributed by atoms with Gasteiger partial charge in [-0.25, -0.2) is 4.79 Å². The molecule has 0 aromatic heterocycles. The van der Waals surface area contributed by atoms with Crippen LogP contribution in [0.1, 0.15) is 32.6 Å². The number of fused-ring (bicyclic) bond motifs is 2. The predicted octanol–water partition coefficient (Wildman–Crippen LogP) is 1.19. The van der Waals surface area contributed by atoms with E-state index in [2.05, 4.69) is 0 Å². The Morgan fingerprint density at radius 2 is 2.12 bits per heavy atom. The number of carbonyl (C=O) groups is 1. The van der Waals surface area contributed by atoms with Gasteiger partial charge in [0.2, 0.25) is 0 Å². The third-order valence-corrected chi connectivity index (χ3v) is 4.47. The van der Waals surface area contributed by atoms with E-state index >= 15 is 0 Å². The molecule has 2 fully saturated rings. The normalized spacial score (nSPS) is 35.2. The zero-order chi connectivity index (χ0) is 12.6. The smallest absolute Gasteiger partial charge is 0.336 e. The number of aliphatic hydroxyl groups is 1. The first-order chi connectivity index (χ1) is 7.88. The summed E-state index contributed by atoms with van der Waals surface area (Å²) in [6, 6.07) is 0. The van der Waals surface area contributed by atoms with Gasteiger partial charge in [0.15, 0.2) is 5.60 Å². The quantitative estimate of drug-likeness (QED) is 0.759. The van der Waals surface area contributed by atoms with E-state index in [0.29, 0.717) is 5.92 Å². The first-order valence-electron chi connectivity index (χ1n) is 6.53. The van der Waals surface area contributed by atoms with Crippen LogP contribution < -0.4 is 0 Å². The average molecular weight is 241 g/mol. The van der Waals surface area contributed by atoms with Crippen molar-refractivity contribution in [3.05, 3.63) is 0 Å². The molecule has 2 N–H and O–H groups in total. The highest BCUT2D eigenvalue weighted by Gasteiger charge is 2.40. The lowest BCUT2D eigenvalue weighted by atomic mass is 9.88. The van der Waals surface area contributed by atoms with Crippen molar-refractivity contribution in [1.29, 1.82) is 0 Å². The summed E-state index contributed by atoms with van der Waals surface area (Å²) in [5.74, 6) is 1.33. The van der Waals surface area contributed by atoms with Gasteiger partial charge in [-0.15, -0.1) is 0 Å². The van der Waals surface area contributed by atoms with Crippen LogP contribution in [-0.2, 0) is 4.79 Å². The minimum absolute atomic E-state index is 0.205. The van der Waals surface area contributed by atoms with Crippen LogP contribution in [0.2, 0.25) is 0 Å². The third-order valence-electron chi connectivity index (χ3n) is 4.47. The largest absolute Gasteiger partial charge is 0.479 e. The maximum Gasteiger partial charge on any atom is 0.336 e. The molecule has 2 aliphatic carbocycles. The van der Waals surface area contributed by atoms with Gasteiger partial charge in [-0.3, -0.25) is 0 Å². The van der Waals surface area contributed by atoms with E-state index in [1.807, 2.05) is 11.9 Å². The van der Waals surface area contributed by atoms with Gasteiger partial charge in [-0.05, 0) is 51.0 Å². The lowest BCUT2D eigenvalue weighted by molar-refractivity contribution is -0.158. The molecule has 2 bridgehead atoms. The molecule has 0 saturated heterocycles. The molecule has 4 nitrogen and oxygen atoms in total. The highest BCUT2D eigenvalue weighted by atomic mass is 16.4. The van der Waals surface area contributed by atoms with Crippen molar-refractivity contribution in [2.24, 2.45) is 17.8 Å². The van der Waals surface area contributed by atoms with Crippen LogP contribution in [0.25, 0.3) is 0 Å². The molecular formula is C13H23NO3. The fraction of sp³-hybridized carbons (Fsp3) is 0.923. The zero-order valence-electron chi connectivity index (χ0n) is 10.7. The molecule has 4 atom stereocenters. The van der Waals surface area contributed by atoms with Crippen LogP contribution >= 0.6 is 0 Å². The molecule has 2 saturated carbocycles. The number of rotatable bonds is 5. The Hall–Kier alpha value is -0.610. The van der Waals surface area contributed by atoms with Gasteiger partial charge in [0.1, 0.15) is 0 Å². The number of hydrogen-bond donors (Lipinski definition) is 2. The summed E-state index contributed by atoms with van der Waals surface area (Å²) in [4.78, 5) is 12.8. The van der Waals surface area contributed by atoms with Crippen molar-refractivity contribution in [2.75, 3.05) is 20.1 Å². The Balaban J connectivity index is 1.81. The molecule has 0 aromatic carbocycles. The zero-order valence-corrected chi connectivity index (χ0v) is 10.7. The number of likely N-dealkylation sites (N-methyl/N-ethyl adjacent to an activating group) is 1. The number of nitrogens with zero attached hydrogens (tertiary/aromatic N) is 1. The standard InChI is InChI=1S/C13H23NO3/c1-13(17,12(15)16)8-14(2)7-11-6-9-3-4-10(11)5-9/h9-11,17H,3-8H2,1-2H3,(H,15,16). The third kappa shape index (κ3) is 2.80. The Labute approximate surface area is 103 Å². The van der Waals surface area contributed by atoms with E-state index in [0.717, 1.165) is 18.4 Å². The number of carboxylic acids is 1. The van der Waals surface area contributed by atoms with E-state index in [4.69, 9.17) is 5.11 Å². The summed E-state index contributed by atoms with van der Waals surface area (Å²) < 4.78 is 0. The minimum Gasteiger partial charge on any atom is -0.479 e. The Morgan fingerprint density at radius 1 is 1.41 bits per heavy atom. The number of hydrogen-bond acceptors (Lipinski definition) is 3. The second-order valence-corrected chi connectivity index (χ2v) is 6.21. The molecule has 98 valence electrons. The maximum absolute atomic E-state index is 10.8. The molecule has 4 heteroatoms. The van der Waals surface area contributed by atoms with E-state index in [1.54, 1.807) is 0 Å². The topological polar surface area (TPSA) is 60.8 Å². The van der Waals surface area contributed by atoms with Gasteiger partial charge in [0.05, 0.1) is 0 Å². The van der Waals surface area contributed by atoms with E-state index < -0.39 is 11.6 Å². The lowest BCUT2D eigenvalue weighted by Gasteiger charge is -2.30. The van der Waals surface area contributed by atoms with Crippen LogP contribution in [0, 0.1) is 17.8 Å². The van der Waals surface area contributed by atoms with Crippen molar-refractivity contribution in [3.8, 4) is 0 Å². The molecule has 0 radical (unpaired) electrons. The predicted molar refractivity (Wildman–Crippen MR) is 64.7 cm³/mol. The molecule has 2 aliphatic rings. The summed E-state index contributed by atoms with van der Waals surface area (Å²) >= 11 is 0. The van der Waals surface area contributed by atoms with Crippen LogP contribution in [0.15, 0.2) is 0 Å². The van der Waals surface area contributed by atoms with Gasteiger partial charge in [-0.1, -0.05) is 6.42 Å². The first-order valence-corrected chi connectivity index (χ1v) is 6.53. The van der Waals surface area contributed by atoms with Crippen molar-refractivity contribution < 1.29 is 15.0 Å². The summed E-state index contributed by atoms with van der Waals surface area (Å²) in [5, 5.41) is 18.6. The molecular weight excluding hydrogens is 218 g/mol. The van der Waals surface area contributed by atoms with Gasteiger partial charge in [0.25, 0.3) is 0 Å². The molecule has 0 aliphatic heterocycles. The lowest BCUT2D eigenvalue weighted by Crippen LogP contribution is -2.46. The summed E-state index contributed by atoms with van der Waals surface area (Å²) in [7, 11) is 1.91. The maximum atomic E-state index is 10.8. The first kappa shape index (κ1) is 12.8. The van der Waals surface area contributed by atoms with Crippen LogP contribution in [0.4, 0.5) is 0 Å². The SMILES string of the molecule is CN(CC1CC2CCC1C2)CC(C)(O)C(=O)O. The van der Waals surface area contributed by atoms with Crippen molar-refractivity contribution >= 4 is 5.97 Å². The van der Waals surface area contributed by atoms with E-state index in [-0.39, 0.29) is 6.54 Å². The molecule has 0 spiro atoms. The minimum atomic E-state index is -1.63. The Bertz CT molecular complexity index is 303. The molecule has 17 heavy (non-hydrogen) atoms. The van der Waals surface area contributed by atoms with Crippen LogP contribution in [0.5, 0.6) is 0 Å². The van der Waals surface area contributed by atoms with Gasteiger partial charge in [0, 0.05) is 13.1 Å². The molecule has 0 heterocycles. The fourth-order valence-corrected chi connectivity index (χ4v) is 3.66. The highest BCUT2D eigenvalue weighted by Crippen LogP contribution is 2.48. The molecule has 0 aromatic rings. The van der Waals surface area contributed by atoms with Gasteiger partial charge >= 0.3 is 5.97 Å². The second-order valence-electron chi connectivity index (χ2n) is 6.21. The highest BCUT2D eigenvalue weighted by molar-refractivity contribution is 5.76. The Kier molecular flexibility index (Phi) is 3.46. The second kappa shape index (κ2) is 4.58. The Morgan fingerprint density at radius 3 is 2.59 bits per heavy atom. The summed E-state index contributed by atoms with van der Waals surface area (Å²) in [5.41, 5.74) is -1.63. The number of aliphatic carboxylic acids is 1. The molecule has 0 amide bonds. The van der Waals surface area contributed by atoms with Gasteiger partial charge in [-0.2, -0.15) is 0 Å². The van der Waals surface area contributed by atoms with Crippen LogP contribution in [0.3, 0.4) is 0 Å². The molecule has 4 unspecified atom stereocenters. The van der Waals surface area contributed by atoms with Crippen molar-refractivity contribution in [3.63, 3.8) is 0 Å². The monoisotopic (exact) mass is 241 g/mol. The average Bonchev–Trinajstić information content (AvgIpc) is 2.77. The summed E-state index contributed by atoms with van der Waals surface area (Å²) in [6.07, 6.45) is 5.40. The van der Waals surface area contributed by atoms with E-state index in [9.17, 15) is 9.90 Å². The van der Waals surface area contributed by atoms with E-state index in [1.165, 1.54) is 32.6 Å². The van der Waals surface area contributed by atoms with Crippen molar-refractivity contribution in [1.82, 2.24) is 4.90 Å². The van der Waals surface area contributed by atoms with Crippen molar-refractivity contribution in [2.45, 2.75) is 38.2 Å². The van der Waals surface area contributed by atoms with Gasteiger partial charge < -0.3 is 15.1 Å².